The summed E-state index contributed by atoms with van der Waals surface area (Å²) in [6.07, 6.45) is -2.59. The first kappa shape index (κ1) is 13.9. The average Bonchev–Trinajstić information content (AvgIpc) is 2.78. The van der Waals surface area contributed by atoms with Crippen molar-refractivity contribution >= 4 is 18.9 Å². The van der Waals surface area contributed by atoms with E-state index in [2.05, 4.69) is 5.10 Å². The minimum atomic E-state index is -4.38. The molecule has 102 valence electrons. The number of anilines is 1. The Morgan fingerprint density at radius 2 is 1.95 bits per heavy atom. The maximum Gasteiger partial charge on any atom is 0.419 e. The molecule has 1 aromatic heterocycles. The molecular formula is C12H13F3N3P. The van der Waals surface area contributed by atoms with Crippen LogP contribution in [0.2, 0.25) is 0 Å². The molecule has 0 unspecified atom stereocenters. The Hall–Kier alpha value is -1.55. The molecule has 0 bridgehead atoms. The van der Waals surface area contributed by atoms with Crippen molar-refractivity contribution in [2.24, 2.45) is 0 Å². The number of benzene rings is 1. The van der Waals surface area contributed by atoms with Crippen molar-refractivity contribution in [1.29, 1.82) is 0 Å². The van der Waals surface area contributed by atoms with Gasteiger partial charge in [0.2, 0.25) is 0 Å². The molecule has 2 N–H and O–H groups in total. The van der Waals surface area contributed by atoms with E-state index in [0.717, 1.165) is 17.7 Å². The Balaban J connectivity index is 2.42. The fourth-order valence-electron chi connectivity index (χ4n) is 1.67. The van der Waals surface area contributed by atoms with Gasteiger partial charge in [-0.25, -0.2) is 4.68 Å². The predicted octanol–water partition coefficient (Wildman–Crippen LogP) is 2.84. The van der Waals surface area contributed by atoms with Gasteiger partial charge in [0.25, 0.3) is 0 Å². The molecule has 0 saturated heterocycles. The molecule has 0 aliphatic heterocycles. The number of rotatable bonds is 2. The number of nitrogens with two attached hydrogens (primary N) is 1. The normalized spacial score (nSPS) is 12.1. The molecule has 1 aromatic carbocycles. The first-order chi connectivity index (χ1) is 8.79. The van der Waals surface area contributed by atoms with Crippen molar-refractivity contribution in [2.45, 2.75) is 6.18 Å². The number of halogens is 3. The lowest BCUT2D eigenvalue weighted by molar-refractivity contribution is -0.137. The van der Waals surface area contributed by atoms with Crippen LogP contribution in [0.4, 0.5) is 18.9 Å². The summed E-state index contributed by atoms with van der Waals surface area (Å²) in [4.78, 5) is 0. The Kier molecular flexibility index (Phi) is 3.54. The van der Waals surface area contributed by atoms with Crippen molar-refractivity contribution in [2.75, 3.05) is 19.1 Å². The highest BCUT2D eigenvalue weighted by molar-refractivity contribution is 7.64. The Morgan fingerprint density at radius 3 is 2.47 bits per heavy atom. The van der Waals surface area contributed by atoms with Gasteiger partial charge in [-0.3, -0.25) is 0 Å². The van der Waals surface area contributed by atoms with E-state index in [4.69, 9.17) is 5.73 Å². The number of aromatic nitrogens is 2. The molecule has 19 heavy (non-hydrogen) atoms. The second kappa shape index (κ2) is 4.85. The van der Waals surface area contributed by atoms with E-state index in [1.807, 2.05) is 13.3 Å². The maximum absolute atomic E-state index is 12.5. The fraction of sp³-hybridized carbons (Fsp3) is 0.250. The van der Waals surface area contributed by atoms with Gasteiger partial charge in [-0.2, -0.15) is 18.3 Å². The minimum Gasteiger partial charge on any atom is -0.398 e. The van der Waals surface area contributed by atoms with Crippen LogP contribution in [0.15, 0.2) is 30.6 Å². The number of alkyl halides is 3. The number of nitrogens with zero attached hydrogens (tertiary/aromatic N) is 2. The van der Waals surface area contributed by atoms with Crippen LogP contribution < -0.4 is 11.0 Å². The molecule has 2 aromatic rings. The summed E-state index contributed by atoms with van der Waals surface area (Å²) in [5.74, 6) is 0. The maximum atomic E-state index is 12.5. The van der Waals surface area contributed by atoms with E-state index in [1.165, 1.54) is 4.68 Å². The van der Waals surface area contributed by atoms with Crippen molar-refractivity contribution in [3.05, 3.63) is 36.2 Å². The molecule has 1 heterocycles. The van der Waals surface area contributed by atoms with Gasteiger partial charge in [0, 0.05) is 17.2 Å². The van der Waals surface area contributed by atoms with Crippen LogP contribution in [0.5, 0.6) is 0 Å². The third-order valence-electron chi connectivity index (χ3n) is 2.67. The second-order valence-electron chi connectivity index (χ2n) is 4.31. The third kappa shape index (κ3) is 2.89. The van der Waals surface area contributed by atoms with Gasteiger partial charge in [0.05, 0.1) is 17.4 Å². The van der Waals surface area contributed by atoms with Gasteiger partial charge in [-0.1, -0.05) is 7.92 Å². The van der Waals surface area contributed by atoms with Gasteiger partial charge >= 0.3 is 6.18 Å². The topological polar surface area (TPSA) is 43.8 Å². The zero-order valence-corrected chi connectivity index (χ0v) is 11.3. The highest BCUT2D eigenvalue weighted by Gasteiger charge is 2.32. The van der Waals surface area contributed by atoms with Crippen LogP contribution in [0, 0.1) is 0 Å². The summed E-state index contributed by atoms with van der Waals surface area (Å²) >= 11 is 0. The molecule has 7 heteroatoms. The zero-order valence-electron chi connectivity index (χ0n) is 10.4. The molecule has 2 rings (SSSR count). The molecule has 0 spiro atoms. The predicted molar refractivity (Wildman–Crippen MR) is 71.4 cm³/mol. The second-order valence-corrected chi connectivity index (χ2v) is 6.58. The van der Waals surface area contributed by atoms with E-state index < -0.39 is 19.7 Å². The molecule has 0 amide bonds. The monoisotopic (exact) mass is 287 g/mol. The highest BCUT2D eigenvalue weighted by atomic mass is 31.1. The first-order valence-electron chi connectivity index (χ1n) is 5.48. The average molecular weight is 287 g/mol. The fourth-order valence-corrected chi connectivity index (χ4v) is 2.65. The lowest BCUT2D eigenvalue weighted by atomic mass is 10.3. The standard InChI is InChI=1S/C12H13F3N3P/c1-19(2)11-5-9(3-4-10(11)16)18-7-8(6-17-18)12(13,14)15/h3-7H,16H2,1-2H3. The van der Waals surface area contributed by atoms with Crippen LogP contribution in [-0.2, 0) is 6.18 Å². The van der Waals surface area contributed by atoms with E-state index >= 15 is 0 Å². The van der Waals surface area contributed by atoms with Crippen LogP contribution >= 0.6 is 7.92 Å². The largest absolute Gasteiger partial charge is 0.419 e. The quantitative estimate of drug-likeness (QED) is 0.682. The summed E-state index contributed by atoms with van der Waals surface area (Å²) in [6, 6.07) is 5.14. The lowest BCUT2D eigenvalue weighted by Crippen LogP contribution is -2.09. The molecule has 3 nitrogen and oxygen atoms in total. The van der Waals surface area contributed by atoms with E-state index in [-0.39, 0.29) is 0 Å². The van der Waals surface area contributed by atoms with Crippen LogP contribution in [0.25, 0.3) is 5.69 Å². The van der Waals surface area contributed by atoms with Crippen LogP contribution in [0.1, 0.15) is 5.56 Å². The van der Waals surface area contributed by atoms with Gasteiger partial charge < -0.3 is 5.73 Å². The van der Waals surface area contributed by atoms with Crippen molar-refractivity contribution in [3.63, 3.8) is 0 Å². The van der Waals surface area contributed by atoms with Gasteiger partial charge in [-0.05, 0) is 31.5 Å². The number of nitrogen functional groups attached to an aromatic ring is 1. The number of hydrogen-bond acceptors (Lipinski definition) is 2. The molecule has 0 saturated carbocycles. The Labute approximate surface area is 110 Å². The van der Waals surface area contributed by atoms with E-state index in [9.17, 15) is 13.2 Å². The summed E-state index contributed by atoms with van der Waals surface area (Å²) in [5, 5.41) is 4.70. The van der Waals surface area contributed by atoms with E-state index in [0.29, 0.717) is 11.4 Å². The Bertz CT molecular complexity index is 590. The summed E-state index contributed by atoms with van der Waals surface area (Å²) < 4.78 is 38.8. The highest BCUT2D eigenvalue weighted by Crippen LogP contribution is 2.30. The molecule has 0 fully saturated rings. The molecule has 0 radical (unpaired) electrons. The SMILES string of the molecule is CP(C)c1cc(-n2cc(C(F)(F)F)cn2)ccc1N. The van der Waals surface area contributed by atoms with Crippen molar-refractivity contribution in [3.8, 4) is 5.69 Å². The van der Waals surface area contributed by atoms with Crippen LogP contribution in [-0.4, -0.2) is 23.1 Å². The van der Waals surface area contributed by atoms with Gasteiger partial charge in [0.1, 0.15) is 0 Å². The smallest absolute Gasteiger partial charge is 0.398 e. The first-order valence-corrected chi connectivity index (χ1v) is 7.72. The van der Waals surface area contributed by atoms with Crippen molar-refractivity contribution < 1.29 is 13.2 Å². The number of hydrogen-bond donors (Lipinski definition) is 1. The molecule has 0 aliphatic rings. The van der Waals surface area contributed by atoms with E-state index in [1.54, 1.807) is 18.2 Å². The summed E-state index contributed by atoms with van der Waals surface area (Å²) in [7, 11) is -0.427. The lowest BCUT2D eigenvalue weighted by Gasteiger charge is -2.12. The van der Waals surface area contributed by atoms with Crippen LogP contribution in [0.3, 0.4) is 0 Å². The van der Waals surface area contributed by atoms with Gasteiger partial charge in [-0.15, -0.1) is 0 Å². The molecule has 0 atom stereocenters. The third-order valence-corrected chi connectivity index (χ3v) is 4.02. The molecule has 0 aliphatic carbocycles. The molecular weight excluding hydrogens is 274 g/mol. The minimum absolute atomic E-state index is 0.427. The Morgan fingerprint density at radius 1 is 1.26 bits per heavy atom. The van der Waals surface area contributed by atoms with Gasteiger partial charge in [0.15, 0.2) is 0 Å². The summed E-state index contributed by atoms with van der Waals surface area (Å²) in [5.41, 5.74) is 6.32. The zero-order chi connectivity index (χ0) is 14.2. The summed E-state index contributed by atoms with van der Waals surface area (Å²) in [6.45, 7) is 4.07. The van der Waals surface area contributed by atoms with Crippen molar-refractivity contribution in [1.82, 2.24) is 9.78 Å².